The Morgan fingerprint density at radius 2 is 0.604 bits per heavy atom. The number of anilines is 9. The van der Waals surface area contributed by atoms with Gasteiger partial charge in [-0.25, -0.2) is 49.1 Å². The first-order chi connectivity index (χ1) is 61.4. The van der Waals surface area contributed by atoms with Gasteiger partial charge in [0.2, 0.25) is 11.9 Å². The van der Waals surface area contributed by atoms with Crippen LogP contribution in [0.5, 0.6) is 0 Å². The van der Waals surface area contributed by atoms with Crippen LogP contribution in [-0.4, -0.2) is 203 Å². The molecule has 3 aromatic heterocycles. The second-order valence-corrected chi connectivity index (χ2v) is 34.2. The number of carbonyl (C=O) groups excluding carboxylic acids is 7. The lowest BCUT2D eigenvalue weighted by Gasteiger charge is -2.22. The number of alkyl carbamates (subject to hydrolysis) is 4. The maximum atomic E-state index is 12.4. The number of unbranched alkanes of at least 4 members (excludes halogenated alkanes) is 3. The summed E-state index contributed by atoms with van der Waals surface area (Å²) in [6.45, 7) is 23.6. The van der Waals surface area contributed by atoms with Gasteiger partial charge in [-0.3, -0.25) is 76.6 Å². The molecule has 0 saturated heterocycles. The van der Waals surface area contributed by atoms with E-state index in [0.717, 1.165) is 87.0 Å². The number of benzene rings is 3. The van der Waals surface area contributed by atoms with E-state index in [9.17, 15) is 55.2 Å². The van der Waals surface area contributed by atoms with Crippen molar-refractivity contribution in [3.63, 3.8) is 0 Å². The van der Waals surface area contributed by atoms with Gasteiger partial charge >= 0.3 is 39.9 Å². The van der Waals surface area contributed by atoms with Gasteiger partial charge in [-0.15, -0.1) is 91.2 Å². The second kappa shape index (κ2) is 66.0. The third kappa shape index (κ3) is 58.6. The van der Waals surface area contributed by atoms with E-state index in [1.807, 2.05) is 48.5 Å². The number of nitrogen functional groups attached to an aromatic ring is 6. The molecule has 34 N–H and O–H groups in total. The summed E-state index contributed by atoms with van der Waals surface area (Å²) in [5.74, 6) is -4.11. The minimum absolute atomic E-state index is 0. The molecule has 0 unspecified atom stereocenters. The van der Waals surface area contributed by atoms with Gasteiger partial charge in [0.25, 0.3) is 17.7 Å². The maximum absolute atomic E-state index is 12.4. The van der Waals surface area contributed by atoms with E-state index in [4.69, 9.17) is 123 Å². The quantitative estimate of drug-likeness (QED) is 0.00864. The zero-order chi connectivity index (χ0) is 99.5. The third-order valence-corrected chi connectivity index (χ3v) is 17.2. The molecule has 0 aliphatic carbocycles. The highest BCUT2D eigenvalue weighted by molar-refractivity contribution is 7.91. The third-order valence-electron chi connectivity index (χ3n) is 15.3. The highest BCUT2D eigenvalue weighted by Gasteiger charge is 2.47. The van der Waals surface area contributed by atoms with E-state index in [1.165, 1.54) is 52.7 Å². The zero-order valence-corrected chi connectivity index (χ0v) is 86.6. The molecule has 3 aromatic carbocycles. The van der Waals surface area contributed by atoms with Gasteiger partial charge in [-0.2, -0.15) is 21.6 Å². The Labute approximate surface area is 860 Å². The van der Waals surface area contributed by atoms with Crippen molar-refractivity contribution in [2.45, 2.75) is 169 Å². The molecule has 139 heavy (non-hydrogen) atoms. The maximum Gasteiger partial charge on any atom is 0.518 e. The zero-order valence-electron chi connectivity index (χ0n) is 77.8. The van der Waals surface area contributed by atoms with Crippen LogP contribution < -0.4 is 122 Å². The molecule has 47 nitrogen and oxygen atoms in total. The minimum Gasteiger partial charge on any atom is -0.444 e. The van der Waals surface area contributed by atoms with Crippen LogP contribution in [0.25, 0.3) is 0 Å². The number of aliphatic imine (C=N–C) groups is 5. The molecule has 0 radical (unpaired) electrons. The van der Waals surface area contributed by atoms with Crippen molar-refractivity contribution < 1.29 is 74.1 Å². The number of aromatic nitrogens is 6. The monoisotopic (exact) mass is 2180 g/mol. The fourth-order valence-electron chi connectivity index (χ4n) is 9.69. The molecule has 0 spiro atoms. The average molecular weight is 2190 g/mol. The summed E-state index contributed by atoms with van der Waals surface area (Å²) in [5, 5.41) is 24.7. The molecule has 3 heterocycles. The molecule has 0 bridgehead atoms. The van der Waals surface area contributed by atoms with Crippen LogP contribution in [0.4, 0.5) is 84.3 Å². The van der Waals surface area contributed by atoms with Crippen LogP contribution in [0, 0.1) is 0 Å². The van der Waals surface area contributed by atoms with Crippen molar-refractivity contribution in [1.29, 1.82) is 0 Å². The summed E-state index contributed by atoms with van der Waals surface area (Å²) in [5.41, 5.74) is 63.5. The van der Waals surface area contributed by atoms with Gasteiger partial charge < -0.3 is 104 Å². The first kappa shape index (κ1) is 136. The predicted octanol–water partition coefficient (Wildman–Crippen LogP) is 9.15. The minimum atomic E-state index is -6.03. The van der Waals surface area contributed by atoms with E-state index >= 15 is 0 Å². The standard InChI is InChI=1S/C29H44ClN11O5.C19H28ClN11O.C18H26ClN9O.C12H20F3N3O6S.7ClH/c1-28(2,3)45-26(43)40-25(41-27(44)46-29(4,5)6)36-16-15-34-18-12-10-17(11-13-18)9-7-8-14-35-24(33)39-23(42)19-21(31)38-22(32)20(30)37-19;20-14-16(22)30-15(21)13(29-14)17(32)31-19(25)28-8-2-1-3-11-4-6-12(7-5-11)26-9-10-27-18(23)24;19-14-16(22)27-15(21)13(26-14)17(29)28-18(23)25-9-2-1-3-11-4-6-12(7-5-11)24-10-8-20;1-10(2,3)23-8(19)16-7(17-9(20)24-11(4,5)6)18-25(21,22)12(13,14)15;;;;;;;/h10-13,34H,7-9,14-16H2,1-6H3,(H4,31,32,38)(H3,33,35,39,42)(H2,36,40,41,43,44);4-7,26H,1-3,8-10H2,(H4,21,22,30)(H4,23,24,27)(H3,25,28,31,32);4-7,24H,1-3,8-10,20H2,(H4,21,22,27)(H3,23,25,28,29);1-6H3,(H2,16,17,18,19,20);7*1H. The number of aryl methyl sites for hydroxylation is 3. The number of ether oxygens (including phenoxy) is 4. The molecule has 7 amide bonds. The van der Waals surface area contributed by atoms with E-state index in [2.05, 4.69) is 126 Å². The van der Waals surface area contributed by atoms with Gasteiger partial charge in [0.05, 0.1) is 13.1 Å². The van der Waals surface area contributed by atoms with Crippen LogP contribution in [-0.2, 0) is 48.2 Å². The number of rotatable bonds is 30. The first-order valence-electron chi connectivity index (χ1n) is 40.2. The number of hydrogen-bond acceptors (Lipinski definition) is 34. The van der Waals surface area contributed by atoms with E-state index in [1.54, 1.807) is 52.2 Å². The van der Waals surface area contributed by atoms with Crippen LogP contribution in [0.15, 0.2) is 102 Å². The molecule has 6 aromatic rings. The van der Waals surface area contributed by atoms with Gasteiger partial charge in [0.1, 0.15) is 22.4 Å². The number of nitrogens with zero attached hydrogens (tertiary/aromatic N) is 12. The predicted molar refractivity (Wildman–Crippen MR) is 556 cm³/mol. The fourth-order valence-corrected chi connectivity index (χ4v) is 10.5. The van der Waals surface area contributed by atoms with E-state index < -0.39 is 86.0 Å². The molecule has 0 saturated carbocycles. The first-order valence-corrected chi connectivity index (χ1v) is 42.8. The number of halogens is 13. The molecule has 61 heteroatoms. The fraction of sp³-hybridized carbons (Fsp3) is 0.449. The van der Waals surface area contributed by atoms with Crippen molar-refractivity contribution in [3.05, 3.63) is 122 Å². The summed E-state index contributed by atoms with van der Waals surface area (Å²) in [7, 11) is -6.03. The largest absolute Gasteiger partial charge is 0.518 e. The number of nitrogens with two attached hydrogens (primary N) is 12. The Kier molecular flexibility index (Phi) is 64.4. The lowest BCUT2D eigenvalue weighted by atomic mass is 10.1. The topological polar surface area (TPSA) is 775 Å². The van der Waals surface area contributed by atoms with Crippen LogP contribution in [0.1, 0.15) is 170 Å². The average Bonchev–Trinajstić information content (AvgIpc) is 0.827. The number of sulfonamides is 1. The number of nitrogens with one attached hydrogen (secondary N) is 10. The molecule has 0 fully saturated rings. The van der Waals surface area contributed by atoms with Crippen LogP contribution >= 0.6 is 122 Å². The summed E-state index contributed by atoms with van der Waals surface area (Å²) in [6, 6.07) is 24.3. The van der Waals surface area contributed by atoms with Crippen molar-refractivity contribution in [2.24, 2.45) is 63.8 Å². The number of hydrogen-bond donors (Lipinski definition) is 22. The number of amides is 7. The molecule has 0 atom stereocenters. The Balaban J connectivity index is -0.000000579. The summed E-state index contributed by atoms with van der Waals surface area (Å²) in [6.07, 6.45) is 3.50. The van der Waals surface area contributed by atoms with E-state index in [0.29, 0.717) is 45.8 Å². The smallest absolute Gasteiger partial charge is 0.444 e. The number of guanidine groups is 6. The van der Waals surface area contributed by atoms with Crippen molar-refractivity contribution in [1.82, 2.24) is 67.1 Å². The summed E-state index contributed by atoms with van der Waals surface area (Å²) >= 11 is 17.3. The lowest BCUT2D eigenvalue weighted by Crippen LogP contribution is -2.48. The molecule has 0 aliphatic heterocycles. The van der Waals surface area contributed by atoms with Gasteiger partial charge in [-0.05, 0) is 194 Å². The summed E-state index contributed by atoms with van der Waals surface area (Å²) in [4.78, 5) is 128. The molecule has 6 rings (SSSR count). The van der Waals surface area contributed by atoms with Gasteiger partial charge in [0, 0.05) is 62.9 Å². The van der Waals surface area contributed by atoms with Crippen molar-refractivity contribution >= 4 is 261 Å². The van der Waals surface area contributed by atoms with Gasteiger partial charge in [0.15, 0.2) is 91.3 Å². The van der Waals surface area contributed by atoms with Gasteiger partial charge in [-0.1, -0.05) is 71.2 Å². The normalized spacial score (nSPS) is 11.1. The number of carbonyl (C=O) groups is 7. The molecule has 782 valence electrons. The van der Waals surface area contributed by atoms with Crippen LogP contribution in [0.3, 0.4) is 0 Å². The SMILES string of the molecule is CC(C)(C)OC(=O)NC(=NCCNc1ccc(CCCCN=C(N)NC(=O)c2nc(Cl)c(N)nc2N)cc1)NC(=O)OC(C)(C)C.CC(C)(C)OC(=O)NC(=NS(=O)(=O)C(F)(F)F)NC(=O)OC(C)(C)C.Cl.Cl.Cl.Cl.Cl.Cl.Cl.NC(N)=NCCNc1ccc(CCCCN=C(N)NC(=O)c2nc(Cl)c(N)nc2N)cc1.NCCNc1ccc(CCCCN=C(N)NC(=O)c2nc(Cl)c(N)nc2N)cc1. The Hall–Kier alpha value is -11.8. The highest BCUT2D eigenvalue weighted by Crippen LogP contribution is 2.26. The number of alkyl halides is 3. The molecule has 0 aliphatic rings. The van der Waals surface area contributed by atoms with Crippen LogP contribution in [0.2, 0.25) is 15.5 Å². The lowest BCUT2D eigenvalue weighted by molar-refractivity contribution is -0.0436. The summed E-state index contributed by atoms with van der Waals surface area (Å²) < 4.78 is 81.8. The van der Waals surface area contributed by atoms with E-state index in [-0.39, 0.29) is 191 Å². The Morgan fingerprint density at radius 3 is 0.849 bits per heavy atom. The molecular formula is C78H125Cl10F3N34O13S. The van der Waals surface area contributed by atoms with Crippen molar-refractivity contribution in [3.8, 4) is 0 Å². The molecular weight excluding hydrogens is 2060 g/mol. The second-order valence-electron chi connectivity index (χ2n) is 31.5. The Bertz CT molecular complexity index is 5110. The van der Waals surface area contributed by atoms with Crippen molar-refractivity contribution in [2.75, 3.05) is 109 Å². The highest BCUT2D eigenvalue weighted by atomic mass is 35.5. The Morgan fingerprint density at radius 1 is 0.353 bits per heavy atom.